The van der Waals surface area contributed by atoms with Gasteiger partial charge in [0.15, 0.2) is 0 Å². The van der Waals surface area contributed by atoms with Crippen molar-refractivity contribution in [2.45, 2.75) is 65.8 Å². The van der Waals surface area contributed by atoms with E-state index in [4.69, 9.17) is 18.5 Å². The second kappa shape index (κ2) is 11.6. The van der Waals surface area contributed by atoms with Crippen molar-refractivity contribution >= 4 is 25.4 Å². The molecule has 2 rings (SSSR count). The predicted molar refractivity (Wildman–Crippen MR) is 118 cm³/mol. The summed E-state index contributed by atoms with van der Waals surface area (Å²) in [6.07, 6.45) is 2.74. The highest BCUT2D eigenvalue weighted by molar-refractivity contribution is 7.53. The number of hydrogen-bond acceptors (Lipinski definition) is 8. The maximum atomic E-state index is 13.1. The largest absolute Gasteiger partial charge is 0.464 e. The molecule has 184 valence electrons. The summed E-state index contributed by atoms with van der Waals surface area (Å²) in [6.45, 7) is 9.34. The molecule has 2 aliphatic rings. The molecular weight excluding hydrogens is 437 g/mol. The van der Waals surface area contributed by atoms with Crippen LogP contribution < -0.4 is 0 Å². The number of amides is 1. The molecule has 0 unspecified atom stereocenters. The first-order valence-electron chi connectivity index (χ1n) is 11.7. The van der Waals surface area contributed by atoms with Gasteiger partial charge in [0, 0.05) is 13.5 Å². The van der Waals surface area contributed by atoms with Gasteiger partial charge in [0.1, 0.15) is 0 Å². The van der Waals surface area contributed by atoms with E-state index in [1.54, 1.807) is 27.7 Å². The van der Waals surface area contributed by atoms with E-state index in [-0.39, 0.29) is 43.3 Å². The first-order chi connectivity index (χ1) is 15.2. The van der Waals surface area contributed by atoms with Gasteiger partial charge in [-0.15, -0.1) is 0 Å². The number of ether oxygens (including phenoxy) is 2. The minimum atomic E-state index is -3.20. The second-order valence-corrected chi connectivity index (χ2v) is 10.6. The number of nitrogens with zero attached hydrogens (tertiary/aromatic N) is 1. The van der Waals surface area contributed by atoms with E-state index in [9.17, 15) is 18.9 Å². The number of carbonyl (C=O) groups excluding carboxylic acids is 3. The molecule has 0 aromatic rings. The molecule has 1 saturated carbocycles. The third-order valence-corrected chi connectivity index (χ3v) is 8.69. The van der Waals surface area contributed by atoms with Gasteiger partial charge in [0.2, 0.25) is 11.4 Å². The minimum Gasteiger partial charge on any atom is -0.464 e. The number of rotatable bonds is 10. The normalized spacial score (nSPS) is 25.0. The van der Waals surface area contributed by atoms with Crippen LogP contribution in [0.3, 0.4) is 0 Å². The summed E-state index contributed by atoms with van der Waals surface area (Å²) in [5, 5.41) is 0. The lowest BCUT2D eigenvalue weighted by Gasteiger charge is -2.51. The Morgan fingerprint density at radius 1 is 0.906 bits per heavy atom. The third-order valence-electron chi connectivity index (χ3n) is 6.42. The molecular formula is C22H38NO8P. The van der Waals surface area contributed by atoms with E-state index < -0.39 is 25.1 Å². The molecule has 1 saturated heterocycles. The van der Waals surface area contributed by atoms with Crippen molar-refractivity contribution < 1.29 is 37.5 Å². The topological polar surface area (TPSA) is 108 Å². The number of fused-ring (bicyclic) bond motifs is 1. The van der Waals surface area contributed by atoms with Crippen LogP contribution in [-0.2, 0) is 37.5 Å². The highest BCUT2D eigenvalue weighted by Gasteiger charge is 2.60. The van der Waals surface area contributed by atoms with Crippen molar-refractivity contribution in [3.63, 3.8) is 0 Å². The van der Waals surface area contributed by atoms with E-state index in [1.807, 2.05) is 0 Å². The zero-order valence-electron chi connectivity index (χ0n) is 20.0. The highest BCUT2D eigenvalue weighted by atomic mass is 31.2. The van der Waals surface area contributed by atoms with Gasteiger partial charge < -0.3 is 23.4 Å². The summed E-state index contributed by atoms with van der Waals surface area (Å²) in [7, 11) is -3.20. The predicted octanol–water partition coefficient (Wildman–Crippen LogP) is 3.40. The summed E-state index contributed by atoms with van der Waals surface area (Å²) in [5.41, 5.74) is -1.79. The SMILES string of the molecule is CCOC(=O)C1(C(=O)OCC)C[C@H]2C[C@@H](CP(=O)(OCC)OCC)CC[C@H]2CN1C(C)=O. The molecule has 1 aliphatic carbocycles. The van der Waals surface area contributed by atoms with Crippen LogP contribution in [0, 0.1) is 17.8 Å². The number of hydrogen-bond donors (Lipinski definition) is 0. The summed E-state index contributed by atoms with van der Waals surface area (Å²) in [4.78, 5) is 40.1. The highest BCUT2D eigenvalue weighted by Crippen LogP contribution is 2.54. The fourth-order valence-electron chi connectivity index (χ4n) is 5.18. The number of likely N-dealkylation sites (tertiary alicyclic amines) is 1. The van der Waals surface area contributed by atoms with Crippen LogP contribution >= 0.6 is 7.60 Å². The monoisotopic (exact) mass is 475 g/mol. The summed E-state index contributed by atoms with van der Waals surface area (Å²) in [5.74, 6) is -1.65. The molecule has 0 aromatic carbocycles. The van der Waals surface area contributed by atoms with Gasteiger partial charge in [0.05, 0.1) is 32.6 Å². The Kier molecular flexibility index (Phi) is 9.73. The minimum absolute atomic E-state index is 0.0186. The third kappa shape index (κ3) is 5.72. The van der Waals surface area contributed by atoms with Crippen molar-refractivity contribution in [1.82, 2.24) is 4.90 Å². The molecule has 9 nitrogen and oxygen atoms in total. The maximum absolute atomic E-state index is 13.1. The van der Waals surface area contributed by atoms with Crippen LogP contribution in [0.2, 0.25) is 0 Å². The van der Waals surface area contributed by atoms with Crippen LogP contribution in [-0.4, -0.2) is 67.4 Å². The number of carbonyl (C=O) groups is 3. The van der Waals surface area contributed by atoms with Crippen LogP contribution in [0.5, 0.6) is 0 Å². The molecule has 0 N–H and O–H groups in total. The van der Waals surface area contributed by atoms with E-state index in [1.165, 1.54) is 11.8 Å². The lowest BCUT2D eigenvalue weighted by atomic mass is 9.66. The Bertz CT molecular complexity index is 699. The summed E-state index contributed by atoms with van der Waals surface area (Å²) >= 11 is 0. The fourth-order valence-corrected chi connectivity index (χ4v) is 7.22. The van der Waals surface area contributed by atoms with E-state index >= 15 is 0 Å². The Hall–Kier alpha value is -1.44. The number of piperidine rings is 1. The second-order valence-electron chi connectivity index (χ2n) is 8.46. The van der Waals surface area contributed by atoms with E-state index in [2.05, 4.69) is 0 Å². The average Bonchev–Trinajstić information content (AvgIpc) is 2.73. The Balaban J connectivity index is 2.32. The van der Waals surface area contributed by atoms with Crippen LogP contribution in [0.4, 0.5) is 0 Å². The molecule has 1 heterocycles. The average molecular weight is 476 g/mol. The lowest BCUT2D eigenvalue weighted by molar-refractivity contribution is -0.187. The van der Waals surface area contributed by atoms with Gasteiger partial charge in [-0.3, -0.25) is 9.36 Å². The molecule has 10 heteroatoms. The van der Waals surface area contributed by atoms with Gasteiger partial charge in [-0.05, 0) is 71.1 Å². The first-order valence-corrected chi connectivity index (χ1v) is 13.4. The van der Waals surface area contributed by atoms with Gasteiger partial charge in [-0.2, -0.15) is 0 Å². The van der Waals surface area contributed by atoms with Gasteiger partial charge >= 0.3 is 19.5 Å². The molecule has 0 bridgehead atoms. The van der Waals surface area contributed by atoms with Gasteiger partial charge in [0.25, 0.3) is 0 Å². The Morgan fingerprint density at radius 2 is 1.47 bits per heavy atom. The van der Waals surface area contributed by atoms with E-state index in [0.717, 1.165) is 12.8 Å². The van der Waals surface area contributed by atoms with Gasteiger partial charge in [-0.1, -0.05) is 0 Å². The molecule has 32 heavy (non-hydrogen) atoms. The van der Waals surface area contributed by atoms with Crippen LogP contribution in [0.25, 0.3) is 0 Å². The fraction of sp³-hybridized carbons (Fsp3) is 0.864. The molecule has 0 radical (unpaired) electrons. The van der Waals surface area contributed by atoms with Crippen LogP contribution in [0.15, 0.2) is 0 Å². The lowest BCUT2D eigenvalue weighted by Crippen LogP contribution is -2.68. The molecule has 1 aliphatic heterocycles. The Morgan fingerprint density at radius 3 is 1.94 bits per heavy atom. The zero-order valence-corrected chi connectivity index (χ0v) is 20.9. The zero-order chi connectivity index (χ0) is 23.9. The quantitative estimate of drug-likeness (QED) is 0.269. The first kappa shape index (κ1) is 26.8. The molecule has 0 spiro atoms. The summed E-state index contributed by atoms with van der Waals surface area (Å²) < 4.78 is 34.5. The molecule has 1 amide bonds. The maximum Gasteiger partial charge on any atom is 0.343 e. The molecule has 2 fully saturated rings. The van der Waals surface area contributed by atoms with Crippen molar-refractivity contribution in [1.29, 1.82) is 0 Å². The molecule has 3 atom stereocenters. The van der Waals surface area contributed by atoms with Crippen LogP contribution in [0.1, 0.15) is 60.3 Å². The number of esters is 2. The van der Waals surface area contributed by atoms with Crippen molar-refractivity contribution in [2.75, 3.05) is 39.1 Å². The van der Waals surface area contributed by atoms with Gasteiger partial charge in [-0.25, -0.2) is 9.59 Å². The van der Waals surface area contributed by atoms with Crippen molar-refractivity contribution in [2.24, 2.45) is 17.8 Å². The van der Waals surface area contributed by atoms with Crippen molar-refractivity contribution in [3.05, 3.63) is 0 Å². The van der Waals surface area contributed by atoms with Crippen molar-refractivity contribution in [3.8, 4) is 0 Å². The van der Waals surface area contributed by atoms with E-state index in [0.29, 0.717) is 32.3 Å². The Labute approximate surface area is 191 Å². The molecule has 0 aromatic heterocycles. The smallest absolute Gasteiger partial charge is 0.343 e. The summed E-state index contributed by atoms with van der Waals surface area (Å²) in [6, 6.07) is 0. The standard InChI is InChI=1S/C22H38NO8P/c1-6-28-20(25)22(21(26)29-7-2)13-19-12-17(15-32(27,30-8-3)31-9-4)10-11-18(19)14-23(22)16(5)24/h17-19H,6-15H2,1-5H3/t17-,18-,19+/m0/s1.